The first-order chi connectivity index (χ1) is 18.1. The number of alkyl halides is 3. The highest BCUT2D eigenvalue weighted by Gasteiger charge is 2.48. The summed E-state index contributed by atoms with van der Waals surface area (Å²) in [6.45, 7) is 3.81. The van der Waals surface area contributed by atoms with E-state index in [1.54, 1.807) is 13.8 Å². The van der Waals surface area contributed by atoms with Crippen molar-refractivity contribution in [1.82, 2.24) is 4.57 Å². The van der Waals surface area contributed by atoms with Crippen LogP contribution in [0, 0.1) is 20.2 Å². The van der Waals surface area contributed by atoms with Crippen molar-refractivity contribution in [3.05, 3.63) is 83.8 Å². The molecule has 39 heavy (non-hydrogen) atoms. The Bertz CT molecular complexity index is 1310. The van der Waals surface area contributed by atoms with Gasteiger partial charge in [0.15, 0.2) is 6.10 Å². The van der Waals surface area contributed by atoms with E-state index < -0.39 is 57.3 Å². The summed E-state index contributed by atoms with van der Waals surface area (Å²) in [7, 11) is 0. The number of halogens is 3. The van der Waals surface area contributed by atoms with Crippen molar-refractivity contribution in [3.63, 3.8) is 0 Å². The van der Waals surface area contributed by atoms with Crippen LogP contribution in [0.1, 0.15) is 62.4 Å². The average molecular weight is 559 g/mol. The molecule has 3 atom stereocenters. The summed E-state index contributed by atoms with van der Waals surface area (Å²) in [6.07, 6.45) is -6.23. The van der Waals surface area contributed by atoms with Crippen LogP contribution in [-0.4, -0.2) is 39.0 Å². The standard InChI is InChI=1S/C23H24F3N3O10/c1-13(30)37-21-20(16-12-15(23(24,25)26)6-7-18(16)38-22(21,2)3)27-9-8-14(11-19(27)31)17(39-29(34)35)5-4-10-36-28(32)33/h6-9,11-12,17,20-21H,4-5,10H2,1-3H3/t17?,20-,21+/m1/s1. The maximum atomic E-state index is 13.5. The molecule has 2 aromatic rings. The molecule has 212 valence electrons. The second-order valence-electron chi connectivity index (χ2n) is 9.15. The highest BCUT2D eigenvalue weighted by Crippen LogP contribution is 2.45. The lowest BCUT2D eigenvalue weighted by Gasteiger charge is -2.44. The van der Waals surface area contributed by atoms with E-state index in [9.17, 15) is 43.0 Å². The molecule has 0 saturated carbocycles. The molecular formula is C23H24F3N3O10. The number of carbonyl (C=O) groups excluding carboxylic acids is 1. The van der Waals surface area contributed by atoms with E-state index in [4.69, 9.17) is 9.47 Å². The molecule has 3 rings (SSSR count). The predicted molar refractivity (Wildman–Crippen MR) is 124 cm³/mol. The molecule has 0 radical (unpaired) electrons. The third-order valence-electron chi connectivity index (χ3n) is 5.96. The maximum Gasteiger partial charge on any atom is 0.416 e. The predicted octanol–water partition coefficient (Wildman–Crippen LogP) is 3.80. The summed E-state index contributed by atoms with van der Waals surface area (Å²) in [5, 5.41) is 19.2. The molecule has 0 spiro atoms. The highest BCUT2D eigenvalue weighted by molar-refractivity contribution is 5.66. The fraction of sp³-hybridized carbons (Fsp3) is 0.478. The van der Waals surface area contributed by atoms with Crippen molar-refractivity contribution in [2.75, 3.05) is 6.61 Å². The molecular weight excluding hydrogens is 535 g/mol. The van der Waals surface area contributed by atoms with E-state index in [2.05, 4.69) is 9.68 Å². The Morgan fingerprint density at radius 3 is 2.44 bits per heavy atom. The number of nitrogens with zero attached hydrogens (tertiary/aromatic N) is 3. The van der Waals surface area contributed by atoms with E-state index >= 15 is 0 Å². The van der Waals surface area contributed by atoms with E-state index in [0.717, 1.165) is 35.8 Å². The molecule has 0 bridgehead atoms. The Morgan fingerprint density at radius 2 is 1.87 bits per heavy atom. The van der Waals surface area contributed by atoms with Gasteiger partial charge in [-0.1, -0.05) is 0 Å². The molecule has 13 nitrogen and oxygen atoms in total. The Kier molecular flexibility index (Phi) is 8.36. The number of carbonyl (C=O) groups is 1. The van der Waals surface area contributed by atoms with Crippen LogP contribution in [-0.2, 0) is 25.4 Å². The van der Waals surface area contributed by atoms with Gasteiger partial charge >= 0.3 is 12.1 Å². The second kappa shape index (κ2) is 11.2. The normalized spacial score (nSPS) is 18.7. The molecule has 0 N–H and O–H groups in total. The lowest BCUT2D eigenvalue weighted by molar-refractivity contribution is -0.772. The Morgan fingerprint density at radius 1 is 1.18 bits per heavy atom. The lowest BCUT2D eigenvalue weighted by Crippen LogP contribution is -2.54. The number of esters is 1. The summed E-state index contributed by atoms with van der Waals surface area (Å²) >= 11 is 0. The minimum absolute atomic E-state index is 0.0289. The topological polar surface area (TPSA) is 162 Å². The lowest BCUT2D eigenvalue weighted by atomic mass is 9.85. The smallest absolute Gasteiger partial charge is 0.416 e. The zero-order chi connectivity index (χ0) is 29.1. The number of fused-ring (bicyclic) bond motifs is 1. The quantitative estimate of drug-likeness (QED) is 0.181. The molecule has 2 heterocycles. The number of pyridine rings is 1. The second-order valence-corrected chi connectivity index (χ2v) is 9.15. The van der Waals surface area contributed by atoms with Gasteiger partial charge in [-0.05, 0) is 56.5 Å². The van der Waals surface area contributed by atoms with E-state index in [1.165, 1.54) is 12.3 Å². The van der Waals surface area contributed by atoms with Gasteiger partial charge in [0.2, 0.25) is 0 Å². The van der Waals surface area contributed by atoms with Crippen molar-refractivity contribution in [1.29, 1.82) is 0 Å². The third-order valence-corrected chi connectivity index (χ3v) is 5.96. The van der Waals surface area contributed by atoms with Crippen LogP contribution in [0.15, 0.2) is 41.3 Å². The number of rotatable bonds is 10. The SMILES string of the molecule is CC(=O)O[C@H]1[C@H](n2ccc(C(CCCO[N+](=O)[O-])O[N+](=O)[O-])cc2=O)c2cc(C(F)(F)F)ccc2OC1(C)C. The Hall–Kier alpha value is -4.37. The van der Waals surface area contributed by atoms with Crippen LogP contribution in [0.4, 0.5) is 13.2 Å². The minimum atomic E-state index is -4.72. The molecule has 1 aromatic heterocycles. The number of hydrogen-bond donors (Lipinski definition) is 0. The van der Waals surface area contributed by atoms with E-state index in [0.29, 0.717) is 0 Å². The molecule has 0 aliphatic carbocycles. The first-order valence-corrected chi connectivity index (χ1v) is 11.5. The average Bonchev–Trinajstić information content (AvgIpc) is 2.80. The maximum absolute atomic E-state index is 13.5. The fourth-order valence-electron chi connectivity index (χ4n) is 4.34. The van der Waals surface area contributed by atoms with Gasteiger partial charge in [0.05, 0.1) is 12.2 Å². The van der Waals surface area contributed by atoms with Gasteiger partial charge in [-0.2, -0.15) is 13.2 Å². The van der Waals surface area contributed by atoms with Gasteiger partial charge in [0.1, 0.15) is 23.5 Å². The summed E-state index contributed by atoms with van der Waals surface area (Å²) in [5.41, 5.74) is -3.13. The van der Waals surface area contributed by atoms with Gasteiger partial charge < -0.3 is 23.7 Å². The van der Waals surface area contributed by atoms with Crippen molar-refractivity contribution in [3.8, 4) is 5.75 Å². The van der Waals surface area contributed by atoms with Crippen molar-refractivity contribution < 1.29 is 47.3 Å². The van der Waals surface area contributed by atoms with Crippen molar-refractivity contribution in [2.24, 2.45) is 0 Å². The minimum Gasteiger partial charge on any atom is -0.484 e. The zero-order valence-electron chi connectivity index (χ0n) is 20.9. The highest BCUT2D eigenvalue weighted by atomic mass is 19.4. The van der Waals surface area contributed by atoms with Gasteiger partial charge in [0.25, 0.3) is 15.7 Å². The van der Waals surface area contributed by atoms with Gasteiger partial charge in [-0.15, -0.1) is 20.2 Å². The van der Waals surface area contributed by atoms with Gasteiger partial charge in [-0.3, -0.25) is 9.59 Å². The van der Waals surface area contributed by atoms with Crippen LogP contribution >= 0.6 is 0 Å². The Labute approximate surface area is 218 Å². The van der Waals surface area contributed by atoms with Crippen LogP contribution in [0.25, 0.3) is 0 Å². The number of benzene rings is 1. The van der Waals surface area contributed by atoms with Crippen LogP contribution in [0.2, 0.25) is 0 Å². The van der Waals surface area contributed by atoms with Gasteiger partial charge in [-0.25, -0.2) is 0 Å². The summed E-state index contributed by atoms with van der Waals surface area (Å²) < 4.78 is 52.9. The third kappa shape index (κ3) is 6.94. The molecule has 1 aliphatic rings. The molecule has 16 heteroatoms. The first kappa shape index (κ1) is 29.2. The summed E-state index contributed by atoms with van der Waals surface area (Å²) in [4.78, 5) is 55.4. The number of aromatic nitrogens is 1. The van der Waals surface area contributed by atoms with Crippen LogP contribution < -0.4 is 10.3 Å². The molecule has 0 amide bonds. The van der Waals surface area contributed by atoms with Crippen molar-refractivity contribution >= 4 is 5.97 Å². The Balaban J connectivity index is 2.09. The van der Waals surface area contributed by atoms with Crippen LogP contribution in [0.5, 0.6) is 5.75 Å². The largest absolute Gasteiger partial charge is 0.484 e. The fourth-order valence-corrected chi connectivity index (χ4v) is 4.34. The molecule has 1 aromatic carbocycles. The molecule has 0 fully saturated rings. The zero-order valence-corrected chi connectivity index (χ0v) is 20.9. The van der Waals surface area contributed by atoms with Crippen LogP contribution in [0.3, 0.4) is 0 Å². The summed E-state index contributed by atoms with van der Waals surface area (Å²) in [5.74, 6) is -0.726. The van der Waals surface area contributed by atoms with Crippen molar-refractivity contribution in [2.45, 2.75) is 63.6 Å². The van der Waals surface area contributed by atoms with Gasteiger partial charge in [0, 0.05) is 24.8 Å². The molecule has 1 unspecified atom stereocenters. The molecule has 1 aliphatic heterocycles. The number of hydrogen-bond acceptors (Lipinski definition) is 10. The monoisotopic (exact) mass is 559 g/mol. The first-order valence-electron chi connectivity index (χ1n) is 11.5. The number of ether oxygens (including phenoxy) is 2. The summed E-state index contributed by atoms with van der Waals surface area (Å²) in [6, 6.07) is 3.75. The molecule has 0 saturated heterocycles. The van der Waals surface area contributed by atoms with E-state index in [1.807, 2.05) is 0 Å². The van der Waals surface area contributed by atoms with E-state index in [-0.39, 0.29) is 36.3 Å².